The number of nitrogens with one attached hydrogen (secondary N) is 2. The Morgan fingerprint density at radius 2 is 1.70 bits per heavy atom. The number of thiazole rings is 1. The van der Waals surface area contributed by atoms with Crippen LogP contribution < -0.4 is 10.6 Å². The van der Waals surface area contributed by atoms with E-state index < -0.39 is 53.9 Å². The molecule has 1 aliphatic heterocycles. The van der Waals surface area contributed by atoms with Crippen molar-refractivity contribution in [3.8, 4) is 0 Å². The third-order valence-corrected chi connectivity index (χ3v) is 11.3. The molecule has 294 valence electrons. The van der Waals surface area contributed by atoms with Crippen LogP contribution in [0.15, 0.2) is 35.7 Å². The van der Waals surface area contributed by atoms with Gasteiger partial charge in [0.05, 0.1) is 17.9 Å². The molecular weight excluding hydrogens is 695 g/mol. The monoisotopic (exact) mass is 755 g/mol. The Morgan fingerprint density at radius 3 is 2.28 bits per heavy atom. The van der Waals surface area contributed by atoms with Crippen LogP contribution in [0, 0.1) is 23.7 Å². The predicted octanol–water partition coefficient (Wildman–Crippen LogP) is 5.72. The van der Waals surface area contributed by atoms with Crippen LogP contribution in [0.3, 0.4) is 0 Å². The van der Waals surface area contributed by atoms with Crippen LogP contribution in [0.5, 0.6) is 0 Å². The first-order chi connectivity index (χ1) is 25.0. The van der Waals surface area contributed by atoms with Crippen LogP contribution in [0.25, 0.3) is 0 Å². The Balaban J connectivity index is 1.86. The highest BCUT2D eigenvalue weighted by Gasteiger charge is 2.37. The molecule has 3 rings (SSSR count). The average Bonchev–Trinajstić information content (AvgIpc) is 3.62. The lowest BCUT2D eigenvalue weighted by molar-refractivity contribution is -0.155. The average molecular weight is 756 g/mol. The summed E-state index contributed by atoms with van der Waals surface area (Å²) in [6, 6.07) is 7.68. The van der Waals surface area contributed by atoms with E-state index in [9.17, 15) is 29.1 Å². The predicted molar refractivity (Wildman–Crippen MR) is 206 cm³/mol. The zero-order valence-corrected chi connectivity index (χ0v) is 33.8. The number of carbonyl (C=O) groups excluding carboxylic acids is 4. The normalized spacial score (nSPS) is 18.4. The molecule has 6 unspecified atom stereocenters. The molecule has 1 saturated heterocycles. The fourth-order valence-corrected chi connectivity index (χ4v) is 7.55. The summed E-state index contributed by atoms with van der Waals surface area (Å²) in [6.45, 7) is 13.9. The van der Waals surface area contributed by atoms with Gasteiger partial charge in [0.25, 0.3) is 5.91 Å². The molecule has 12 nitrogen and oxygen atoms in total. The van der Waals surface area contributed by atoms with Gasteiger partial charge in [-0.05, 0) is 56.7 Å². The van der Waals surface area contributed by atoms with E-state index in [1.54, 1.807) is 38.1 Å². The quantitative estimate of drug-likeness (QED) is 0.153. The lowest BCUT2D eigenvalue weighted by Crippen LogP contribution is -2.58. The molecule has 13 heteroatoms. The number of hydrogen-bond donors (Lipinski definition) is 3. The standard InChI is InChI=1S/C40H61N5O7S/c1-10-26(6)34(43-36(47)31-18-14-15-19-44(31)8)38(48)45(9)32(24(2)3)22-33(52-40(51)25(4)5)37-42-30(23-53-37)35(46)41-29(20-27(7)39(49)50)21-28-16-12-11-13-17-28/h11-13,16-17,23-27,29,31-34H,10,14-15,18-22H2,1-9H3,(H,41,46)(H,43,47)(H,49,50)/t26?,27?,29?,31-,32?,33?,34?/m1/s1. The fourth-order valence-electron chi connectivity index (χ4n) is 6.71. The number of carbonyl (C=O) groups is 5. The van der Waals surface area contributed by atoms with E-state index in [4.69, 9.17) is 4.74 Å². The SMILES string of the molecule is CCC(C)C(NC(=O)[C@H]1CCCCN1C)C(=O)N(C)C(CC(OC(=O)C(C)C)c1nc(C(=O)NC(Cc2ccccc2)CC(C)C(=O)O)cs1)C(C)C. The molecule has 53 heavy (non-hydrogen) atoms. The highest BCUT2D eigenvalue weighted by Crippen LogP contribution is 2.32. The molecule has 1 aromatic carbocycles. The number of carboxylic acids is 1. The minimum atomic E-state index is -0.944. The van der Waals surface area contributed by atoms with Gasteiger partial charge in [0.15, 0.2) is 6.10 Å². The first-order valence-corrected chi connectivity index (χ1v) is 19.9. The van der Waals surface area contributed by atoms with Gasteiger partial charge >= 0.3 is 11.9 Å². The van der Waals surface area contributed by atoms with Crippen LogP contribution in [-0.4, -0.2) is 94.4 Å². The second-order valence-corrected chi connectivity index (χ2v) is 16.2. The molecule has 1 aromatic heterocycles. The van der Waals surface area contributed by atoms with Crippen molar-refractivity contribution >= 4 is 41.0 Å². The second-order valence-electron chi connectivity index (χ2n) is 15.3. The molecule has 1 fully saturated rings. The summed E-state index contributed by atoms with van der Waals surface area (Å²) >= 11 is 1.19. The maximum atomic E-state index is 14.3. The van der Waals surface area contributed by atoms with Gasteiger partial charge in [-0.3, -0.25) is 28.9 Å². The van der Waals surface area contributed by atoms with Gasteiger partial charge in [-0.15, -0.1) is 11.3 Å². The molecular formula is C40H61N5O7S. The smallest absolute Gasteiger partial charge is 0.309 e. The van der Waals surface area contributed by atoms with Gasteiger partial charge in [-0.25, -0.2) is 4.98 Å². The van der Waals surface area contributed by atoms with Crippen LogP contribution in [0.4, 0.5) is 0 Å². The van der Waals surface area contributed by atoms with Crippen molar-refractivity contribution < 1.29 is 33.8 Å². The van der Waals surface area contributed by atoms with E-state index in [0.717, 1.165) is 31.4 Å². The summed E-state index contributed by atoms with van der Waals surface area (Å²) in [5, 5.41) is 17.7. The maximum absolute atomic E-state index is 14.3. The molecule has 0 saturated carbocycles. The number of ether oxygens (including phenoxy) is 1. The second kappa shape index (κ2) is 20.6. The number of carboxylic acid groups (broad SMARTS) is 1. The van der Waals surface area contributed by atoms with Gasteiger partial charge in [-0.2, -0.15) is 0 Å². The summed E-state index contributed by atoms with van der Waals surface area (Å²) in [6.07, 6.45) is 3.51. The van der Waals surface area contributed by atoms with Crippen LogP contribution in [-0.2, 0) is 30.3 Å². The molecule has 0 spiro atoms. The Kier molecular flexibility index (Phi) is 16.9. The number of esters is 1. The number of rotatable bonds is 19. The summed E-state index contributed by atoms with van der Waals surface area (Å²) in [4.78, 5) is 74.4. The van der Waals surface area contributed by atoms with Gasteiger partial charge in [-0.1, -0.05) is 91.6 Å². The van der Waals surface area contributed by atoms with Gasteiger partial charge < -0.3 is 25.4 Å². The van der Waals surface area contributed by atoms with E-state index >= 15 is 0 Å². The zero-order chi connectivity index (χ0) is 39.4. The molecule has 0 bridgehead atoms. The number of aromatic nitrogens is 1. The third kappa shape index (κ3) is 12.6. The number of likely N-dealkylation sites (N-methyl/N-ethyl adjacent to an activating group) is 2. The minimum absolute atomic E-state index is 0.0559. The van der Waals surface area contributed by atoms with Gasteiger partial charge in [0.1, 0.15) is 16.7 Å². The summed E-state index contributed by atoms with van der Waals surface area (Å²) in [5.41, 5.74) is 1.10. The van der Waals surface area contributed by atoms with E-state index in [1.807, 2.05) is 70.0 Å². The molecule has 1 aliphatic rings. The van der Waals surface area contributed by atoms with Crippen molar-refractivity contribution in [2.45, 2.75) is 124 Å². The van der Waals surface area contributed by atoms with Gasteiger partial charge in [0, 0.05) is 30.9 Å². The molecule has 3 amide bonds. The summed E-state index contributed by atoms with van der Waals surface area (Å²) in [5.74, 6) is -3.45. The van der Waals surface area contributed by atoms with Crippen LogP contribution in [0.2, 0.25) is 0 Å². The number of likely N-dealkylation sites (tertiary alicyclic amines) is 1. The molecule has 7 atom stereocenters. The Morgan fingerprint density at radius 1 is 1.02 bits per heavy atom. The highest BCUT2D eigenvalue weighted by atomic mass is 32.1. The van der Waals surface area contributed by atoms with Crippen LogP contribution >= 0.6 is 11.3 Å². The molecule has 0 aliphatic carbocycles. The van der Waals surface area contributed by atoms with Crippen molar-refractivity contribution in [2.24, 2.45) is 23.7 Å². The van der Waals surface area contributed by atoms with E-state index in [1.165, 1.54) is 11.3 Å². The number of benzene rings is 1. The van der Waals surface area contributed by atoms with E-state index in [2.05, 4.69) is 15.6 Å². The van der Waals surface area contributed by atoms with Crippen molar-refractivity contribution in [1.82, 2.24) is 25.4 Å². The molecule has 0 radical (unpaired) electrons. The number of aliphatic carboxylic acids is 1. The van der Waals surface area contributed by atoms with E-state index in [-0.39, 0.29) is 48.2 Å². The van der Waals surface area contributed by atoms with Crippen molar-refractivity contribution in [1.29, 1.82) is 0 Å². The fraction of sp³-hybridized carbons (Fsp3) is 0.650. The minimum Gasteiger partial charge on any atom is -0.481 e. The zero-order valence-electron chi connectivity index (χ0n) is 33.0. The summed E-state index contributed by atoms with van der Waals surface area (Å²) in [7, 11) is 3.67. The first-order valence-electron chi connectivity index (χ1n) is 19.0. The Bertz CT molecular complexity index is 1520. The summed E-state index contributed by atoms with van der Waals surface area (Å²) < 4.78 is 6.02. The largest absolute Gasteiger partial charge is 0.481 e. The topological polar surface area (TPSA) is 158 Å². The molecule has 2 aromatic rings. The van der Waals surface area contributed by atoms with Crippen molar-refractivity contribution in [3.05, 3.63) is 52.0 Å². The Hall–Kier alpha value is -3.84. The van der Waals surface area contributed by atoms with Crippen LogP contribution in [0.1, 0.15) is 114 Å². The number of piperidine rings is 1. The van der Waals surface area contributed by atoms with Crippen molar-refractivity contribution in [3.63, 3.8) is 0 Å². The lowest BCUT2D eigenvalue weighted by atomic mass is 9.92. The Labute approximate surface area is 319 Å². The highest BCUT2D eigenvalue weighted by molar-refractivity contribution is 7.09. The number of amides is 3. The molecule has 2 heterocycles. The lowest BCUT2D eigenvalue weighted by Gasteiger charge is -2.38. The third-order valence-electron chi connectivity index (χ3n) is 10.4. The number of nitrogens with zero attached hydrogens (tertiary/aromatic N) is 3. The molecule has 3 N–H and O–H groups in total. The van der Waals surface area contributed by atoms with Crippen molar-refractivity contribution in [2.75, 3.05) is 20.6 Å². The number of hydrogen-bond acceptors (Lipinski definition) is 9. The maximum Gasteiger partial charge on any atom is 0.309 e. The first kappa shape index (κ1) is 43.6. The van der Waals surface area contributed by atoms with Gasteiger partial charge in [0.2, 0.25) is 11.8 Å². The van der Waals surface area contributed by atoms with E-state index in [0.29, 0.717) is 17.8 Å².